The van der Waals surface area contributed by atoms with Crippen molar-refractivity contribution in [2.45, 2.75) is 38.1 Å². The number of alkyl halides is 1. The number of anilines is 1. The molecule has 2 heteroatoms. The molecule has 0 spiro atoms. The number of hydrogen-bond acceptors (Lipinski definition) is 1. The van der Waals surface area contributed by atoms with Crippen LogP contribution in [0, 0.1) is 0 Å². The first-order valence-corrected chi connectivity index (χ1v) is 6.30. The standard InChI is InChI=1S/C13H18ClN/c1-2-9-15(12-7-8-12)13-6-4-3-5-11(13)10-14/h3-6,12H,2,7-10H2,1H3. The zero-order chi connectivity index (χ0) is 10.7. The second kappa shape index (κ2) is 4.89. The number of nitrogens with zero attached hydrogens (tertiary/aromatic N) is 1. The van der Waals surface area contributed by atoms with Gasteiger partial charge in [-0.3, -0.25) is 0 Å². The predicted molar refractivity (Wildman–Crippen MR) is 66.7 cm³/mol. The van der Waals surface area contributed by atoms with E-state index in [2.05, 4.69) is 36.1 Å². The molecule has 1 fully saturated rings. The maximum absolute atomic E-state index is 5.97. The Bertz CT molecular complexity index is 320. The Morgan fingerprint density at radius 2 is 2.07 bits per heavy atom. The maximum atomic E-state index is 5.97. The summed E-state index contributed by atoms with van der Waals surface area (Å²) in [6.45, 7) is 3.39. The minimum Gasteiger partial charge on any atom is -0.368 e. The summed E-state index contributed by atoms with van der Waals surface area (Å²) in [5.74, 6) is 0.614. The summed E-state index contributed by atoms with van der Waals surface area (Å²) in [6.07, 6.45) is 3.89. The highest BCUT2D eigenvalue weighted by atomic mass is 35.5. The van der Waals surface area contributed by atoms with Crippen LogP contribution in [0.2, 0.25) is 0 Å². The Hall–Kier alpha value is -0.690. The molecule has 1 aliphatic carbocycles. The maximum Gasteiger partial charge on any atom is 0.0494 e. The van der Waals surface area contributed by atoms with Crippen molar-refractivity contribution >= 4 is 17.3 Å². The van der Waals surface area contributed by atoms with Crippen LogP contribution < -0.4 is 4.90 Å². The van der Waals surface area contributed by atoms with E-state index in [1.165, 1.54) is 30.5 Å². The fourth-order valence-electron chi connectivity index (χ4n) is 2.03. The molecule has 0 N–H and O–H groups in total. The molecule has 0 amide bonds. The molecule has 15 heavy (non-hydrogen) atoms. The summed E-state index contributed by atoms with van der Waals surface area (Å²) in [5.41, 5.74) is 2.61. The fourth-order valence-corrected chi connectivity index (χ4v) is 2.26. The molecule has 1 aromatic rings. The van der Waals surface area contributed by atoms with Crippen LogP contribution in [0.15, 0.2) is 24.3 Å². The highest BCUT2D eigenvalue weighted by Gasteiger charge is 2.29. The van der Waals surface area contributed by atoms with Gasteiger partial charge < -0.3 is 4.90 Å². The average molecular weight is 224 g/mol. The molecule has 0 aromatic heterocycles. The van der Waals surface area contributed by atoms with E-state index >= 15 is 0 Å². The van der Waals surface area contributed by atoms with Crippen molar-refractivity contribution in [2.24, 2.45) is 0 Å². The van der Waals surface area contributed by atoms with Crippen molar-refractivity contribution in [3.05, 3.63) is 29.8 Å². The highest BCUT2D eigenvalue weighted by Crippen LogP contribution is 2.34. The zero-order valence-electron chi connectivity index (χ0n) is 9.25. The quantitative estimate of drug-likeness (QED) is 0.687. The van der Waals surface area contributed by atoms with E-state index in [9.17, 15) is 0 Å². The third-order valence-corrected chi connectivity index (χ3v) is 3.19. The topological polar surface area (TPSA) is 3.24 Å². The van der Waals surface area contributed by atoms with Crippen LogP contribution in [0.1, 0.15) is 31.7 Å². The molecule has 1 nitrogen and oxygen atoms in total. The van der Waals surface area contributed by atoms with Crippen LogP contribution in [0.4, 0.5) is 5.69 Å². The summed E-state index contributed by atoms with van der Waals surface area (Å²) in [5, 5.41) is 0. The van der Waals surface area contributed by atoms with Gasteiger partial charge in [0, 0.05) is 24.2 Å². The molecule has 0 unspecified atom stereocenters. The largest absolute Gasteiger partial charge is 0.368 e. The first kappa shape index (κ1) is 10.8. The lowest BCUT2D eigenvalue weighted by molar-refractivity contribution is 0.760. The summed E-state index contributed by atoms with van der Waals surface area (Å²) < 4.78 is 0. The number of hydrogen-bond donors (Lipinski definition) is 0. The molecule has 0 heterocycles. The molecular formula is C13H18ClN. The van der Waals surface area contributed by atoms with E-state index < -0.39 is 0 Å². The van der Waals surface area contributed by atoms with E-state index in [0.29, 0.717) is 5.88 Å². The molecular weight excluding hydrogens is 206 g/mol. The summed E-state index contributed by atoms with van der Waals surface area (Å²) in [6, 6.07) is 9.28. The lowest BCUT2D eigenvalue weighted by atomic mass is 10.1. The Kier molecular flexibility index (Phi) is 3.53. The Morgan fingerprint density at radius 1 is 1.33 bits per heavy atom. The van der Waals surface area contributed by atoms with Gasteiger partial charge >= 0.3 is 0 Å². The van der Waals surface area contributed by atoms with Crippen molar-refractivity contribution in [3.63, 3.8) is 0 Å². The molecule has 1 aliphatic rings. The van der Waals surface area contributed by atoms with Gasteiger partial charge in [0.1, 0.15) is 0 Å². The summed E-state index contributed by atoms with van der Waals surface area (Å²) in [7, 11) is 0. The van der Waals surface area contributed by atoms with Crippen molar-refractivity contribution in [1.82, 2.24) is 0 Å². The highest BCUT2D eigenvalue weighted by molar-refractivity contribution is 6.17. The fraction of sp³-hybridized carbons (Fsp3) is 0.538. The Labute approximate surface area is 97.0 Å². The minimum absolute atomic E-state index is 0.614. The number of benzene rings is 1. The molecule has 2 rings (SSSR count). The predicted octanol–water partition coefficient (Wildman–Crippen LogP) is 3.80. The smallest absolute Gasteiger partial charge is 0.0494 e. The van der Waals surface area contributed by atoms with Gasteiger partial charge in [0.25, 0.3) is 0 Å². The van der Waals surface area contributed by atoms with E-state index in [-0.39, 0.29) is 0 Å². The van der Waals surface area contributed by atoms with Crippen LogP contribution >= 0.6 is 11.6 Å². The number of para-hydroxylation sites is 1. The minimum atomic E-state index is 0.614. The molecule has 0 radical (unpaired) electrons. The Balaban J connectivity index is 2.23. The molecule has 1 aromatic carbocycles. The zero-order valence-corrected chi connectivity index (χ0v) is 10.0. The molecule has 0 atom stereocenters. The van der Waals surface area contributed by atoms with Crippen LogP contribution in [0.25, 0.3) is 0 Å². The van der Waals surface area contributed by atoms with Gasteiger partial charge in [-0.25, -0.2) is 0 Å². The van der Waals surface area contributed by atoms with Gasteiger partial charge in [0.05, 0.1) is 0 Å². The van der Waals surface area contributed by atoms with Crippen molar-refractivity contribution in [2.75, 3.05) is 11.4 Å². The van der Waals surface area contributed by atoms with Gasteiger partial charge in [-0.05, 0) is 30.9 Å². The molecule has 82 valence electrons. The molecule has 0 saturated heterocycles. The number of rotatable bonds is 5. The van der Waals surface area contributed by atoms with Gasteiger partial charge in [0.2, 0.25) is 0 Å². The van der Waals surface area contributed by atoms with Crippen molar-refractivity contribution in [3.8, 4) is 0 Å². The first-order valence-electron chi connectivity index (χ1n) is 5.77. The first-order chi connectivity index (χ1) is 7.36. The second-order valence-electron chi connectivity index (χ2n) is 4.19. The summed E-state index contributed by atoms with van der Waals surface area (Å²) in [4.78, 5) is 2.53. The SMILES string of the molecule is CCCN(c1ccccc1CCl)C1CC1. The molecule has 0 aliphatic heterocycles. The van der Waals surface area contributed by atoms with Crippen molar-refractivity contribution < 1.29 is 0 Å². The molecule has 1 saturated carbocycles. The third-order valence-electron chi connectivity index (χ3n) is 2.90. The number of halogens is 1. The van der Waals surface area contributed by atoms with Gasteiger partial charge in [-0.15, -0.1) is 11.6 Å². The van der Waals surface area contributed by atoms with Crippen LogP contribution in [0.5, 0.6) is 0 Å². The lowest BCUT2D eigenvalue weighted by Gasteiger charge is -2.26. The van der Waals surface area contributed by atoms with Crippen LogP contribution in [-0.4, -0.2) is 12.6 Å². The van der Waals surface area contributed by atoms with Gasteiger partial charge in [-0.1, -0.05) is 25.1 Å². The third kappa shape index (κ3) is 2.46. The lowest BCUT2D eigenvalue weighted by Crippen LogP contribution is -2.27. The van der Waals surface area contributed by atoms with Crippen LogP contribution in [0.3, 0.4) is 0 Å². The van der Waals surface area contributed by atoms with Crippen molar-refractivity contribution in [1.29, 1.82) is 0 Å². The van der Waals surface area contributed by atoms with E-state index in [0.717, 1.165) is 12.6 Å². The van der Waals surface area contributed by atoms with E-state index in [4.69, 9.17) is 11.6 Å². The average Bonchev–Trinajstić information content (AvgIpc) is 3.10. The van der Waals surface area contributed by atoms with Gasteiger partial charge in [0.15, 0.2) is 0 Å². The van der Waals surface area contributed by atoms with E-state index in [1.807, 2.05) is 0 Å². The second-order valence-corrected chi connectivity index (χ2v) is 4.45. The van der Waals surface area contributed by atoms with E-state index in [1.54, 1.807) is 0 Å². The summed E-state index contributed by atoms with van der Waals surface area (Å²) >= 11 is 5.97. The normalized spacial score (nSPS) is 15.3. The monoisotopic (exact) mass is 223 g/mol. The van der Waals surface area contributed by atoms with Gasteiger partial charge in [-0.2, -0.15) is 0 Å². The van der Waals surface area contributed by atoms with Crippen LogP contribution in [-0.2, 0) is 5.88 Å². The molecule has 0 bridgehead atoms. The Morgan fingerprint density at radius 3 is 2.67 bits per heavy atom.